The molecule has 24 heavy (non-hydrogen) atoms. The number of aromatic amines is 1. The van der Waals surface area contributed by atoms with Crippen LogP contribution in [-0.2, 0) is 20.9 Å². The largest absolute Gasteiger partial charge is 0.458 e. The maximum absolute atomic E-state index is 12.3. The van der Waals surface area contributed by atoms with Gasteiger partial charge in [-0.15, -0.1) is 0 Å². The lowest BCUT2D eigenvalue weighted by Gasteiger charge is -2.27. The molecule has 0 aromatic carbocycles. The number of likely N-dealkylation sites (tertiary alicyclic amines) is 1. The summed E-state index contributed by atoms with van der Waals surface area (Å²) in [5.41, 5.74) is -0.165. The molecule has 2 rings (SSSR count). The summed E-state index contributed by atoms with van der Waals surface area (Å²) < 4.78 is 10.6. The molecular weight excluding hydrogens is 314 g/mol. The van der Waals surface area contributed by atoms with Gasteiger partial charge in [0.2, 0.25) is 0 Å². The SMILES string of the molecule is CC(=O)c1nc(COC(=O)[C@@H]2CCCN2C(=O)OC(C)(C)C)c[nH]1. The number of ketones is 1. The highest BCUT2D eigenvalue weighted by Crippen LogP contribution is 2.22. The molecule has 0 unspecified atom stereocenters. The number of ether oxygens (including phenoxy) is 2. The van der Waals surface area contributed by atoms with Gasteiger partial charge in [-0.1, -0.05) is 0 Å². The van der Waals surface area contributed by atoms with Crippen LogP contribution in [0.5, 0.6) is 0 Å². The number of esters is 1. The third-order valence-corrected chi connectivity index (χ3v) is 3.48. The number of amides is 1. The van der Waals surface area contributed by atoms with Crippen molar-refractivity contribution in [3.8, 4) is 0 Å². The Morgan fingerprint density at radius 1 is 1.38 bits per heavy atom. The van der Waals surface area contributed by atoms with E-state index >= 15 is 0 Å². The molecule has 0 saturated carbocycles. The molecule has 2 heterocycles. The molecule has 1 saturated heterocycles. The molecule has 1 fully saturated rings. The fourth-order valence-corrected chi connectivity index (χ4v) is 2.41. The summed E-state index contributed by atoms with van der Waals surface area (Å²) in [6, 6.07) is -0.647. The van der Waals surface area contributed by atoms with Crippen LogP contribution in [0.15, 0.2) is 6.20 Å². The monoisotopic (exact) mass is 337 g/mol. The van der Waals surface area contributed by atoms with Gasteiger partial charge >= 0.3 is 12.1 Å². The number of H-pyrrole nitrogens is 1. The molecule has 1 aliphatic heterocycles. The molecule has 1 aromatic rings. The van der Waals surface area contributed by atoms with Gasteiger partial charge in [0.15, 0.2) is 11.6 Å². The Morgan fingerprint density at radius 2 is 2.08 bits per heavy atom. The molecule has 0 radical (unpaired) electrons. The number of hydrogen-bond donors (Lipinski definition) is 1. The van der Waals surface area contributed by atoms with E-state index in [1.807, 2.05) is 0 Å². The maximum Gasteiger partial charge on any atom is 0.411 e. The van der Waals surface area contributed by atoms with E-state index in [-0.39, 0.29) is 18.2 Å². The average molecular weight is 337 g/mol. The van der Waals surface area contributed by atoms with Crippen molar-refractivity contribution in [3.05, 3.63) is 17.7 Å². The number of hydrogen-bond acceptors (Lipinski definition) is 6. The lowest BCUT2D eigenvalue weighted by atomic mass is 10.2. The number of imidazole rings is 1. The van der Waals surface area contributed by atoms with Crippen molar-refractivity contribution in [2.45, 2.75) is 58.8 Å². The van der Waals surface area contributed by atoms with Gasteiger partial charge in [0.05, 0.1) is 5.69 Å². The van der Waals surface area contributed by atoms with Crippen molar-refractivity contribution >= 4 is 17.8 Å². The summed E-state index contributed by atoms with van der Waals surface area (Å²) in [7, 11) is 0. The highest BCUT2D eigenvalue weighted by molar-refractivity contribution is 5.90. The summed E-state index contributed by atoms with van der Waals surface area (Å²) in [6.07, 6.45) is 2.26. The fourth-order valence-electron chi connectivity index (χ4n) is 2.41. The van der Waals surface area contributed by atoms with Crippen molar-refractivity contribution in [3.63, 3.8) is 0 Å². The van der Waals surface area contributed by atoms with Crippen LogP contribution in [0.4, 0.5) is 4.79 Å². The van der Waals surface area contributed by atoms with E-state index in [9.17, 15) is 14.4 Å². The van der Waals surface area contributed by atoms with E-state index in [0.717, 1.165) is 6.42 Å². The fraction of sp³-hybridized carbons (Fsp3) is 0.625. The third-order valence-electron chi connectivity index (χ3n) is 3.48. The zero-order chi connectivity index (χ0) is 17.9. The first-order valence-corrected chi connectivity index (χ1v) is 7.89. The molecule has 0 bridgehead atoms. The molecule has 8 heteroatoms. The van der Waals surface area contributed by atoms with Crippen molar-refractivity contribution in [1.29, 1.82) is 0 Å². The van der Waals surface area contributed by atoms with E-state index in [2.05, 4.69) is 9.97 Å². The van der Waals surface area contributed by atoms with Crippen LogP contribution >= 0.6 is 0 Å². The Bertz CT molecular complexity index is 632. The highest BCUT2D eigenvalue weighted by Gasteiger charge is 2.37. The number of rotatable bonds is 4. The van der Waals surface area contributed by atoms with Gasteiger partial charge in [-0.25, -0.2) is 14.6 Å². The molecule has 1 atom stereocenters. The number of Topliss-reactive ketones (excluding diaryl/α,β-unsaturated/α-hetero) is 1. The molecular formula is C16H23N3O5. The Balaban J connectivity index is 1.92. The third kappa shape index (κ3) is 4.56. The topological polar surface area (TPSA) is 102 Å². The summed E-state index contributed by atoms with van der Waals surface area (Å²) in [5.74, 6) is -0.470. The van der Waals surface area contributed by atoms with Crippen molar-refractivity contribution in [2.24, 2.45) is 0 Å². The van der Waals surface area contributed by atoms with E-state index in [1.54, 1.807) is 20.8 Å². The minimum atomic E-state index is -0.647. The maximum atomic E-state index is 12.3. The highest BCUT2D eigenvalue weighted by atomic mass is 16.6. The normalized spacial score (nSPS) is 17.7. The number of nitrogens with zero attached hydrogens (tertiary/aromatic N) is 2. The van der Waals surface area contributed by atoms with Crippen LogP contribution in [-0.4, -0.2) is 50.9 Å². The molecule has 0 aliphatic carbocycles. The lowest BCUT2D eigenvalue weighted by molar-refractivity contribution is -0.150. The van der Waals surface area contributed by atoms with E-state index in [0.29, 0.717) is 18.7 Å². The van der Waals surface area contributed by atoms with Crippen LogP contribution in [0, 0.1) is 0 Å². The molecule has 1 aliphatic rings. The predicted molar refractivity (Wildman–Crippen MR) is 84.4 cm³/mol. The van der Waals surface area contributed by atoms with Gasteiger partial charge < -0.3 is 14.5 Å². The van der Waals surface area contributed by atoms with E-state index in [1.165, 1.54) is 18.0 Å². The second kappa shape index (κ2) is 7.02. The van der Waals surface area contributed by atoms with Gasteiger partial charge in [0.1, 0.15) is 18.2 Å². The average Bonchev–Trinajstić information content (AvgIpc) is 3.12. The number of nitrogens with one attached hydrogen (secondary N) is 1. The minimum Gasteiger partial charge on any atom is -0.458 e. The Labute approximate surface area is 140 Å². The zero-order valence-corrected chi connectivity index (χ0v) is 14.4. The number of carbonyl (C=O) groups excluding carboxylic acids is 3. The summed E-state index contributed by atoms with van der Waals surface area (Å²) in [5, 5.41) is 0. The number of carbonyl (C=O) groups is 3. The van der Waals surface area contributed by atoms with Gasteiger partial charge in [-0.3, -0.25) is 9.69 Å². The van der Waals surface area contributed by atoms with E-state index < -0.39 is 23.7 Å². The Morgan fingerprint density at radius 3 is 2.67 bits per heavy atom. The summed E-state index contributed by atoms with van der Waals surface area (Å²) >= 11 is 0. The van der Waals surface area contributed by atoms with Crippen LogP contribution in [0.2, 0.25) is 0 Å². The molecule has 1 aromatic heterocycles. The van der Waals surface area contributed by atoms with Gasteiger partial charge in [-0.2, -0.15) is 0 Å². The molecule has 1 amide bonds. The minimum absolute atomic E-state index is 0.0543. The van der Waals surface area contributed by atoms with Crippen LogP contribution in [0.25, 0.3) is 0 Å². The standard InChI is InChI=1S/C16H23N3O5/c1-10(20)13-17-8-11(18-13)9-23-14(21)12-6-5-7-19(12)15(22)24-16(2,3)4/h8,12H,5-7,9H2,1-4H3,(H,17,18)/t12-/m0/s1. The quantitative estimate of drug-likeness (QED) is 0.666. The molecule has 8 nitrogen and oxygen atoms in total. The van der Waals surface area contributed by atoms with Gasteiger partial charge in [0, 0.05) is 19.7 Å². The first kappa shape index (κ1) is 18.0. The predicted octanol–water partition coefficient (Wildman–Crippen LogP) is 2.06. The molecule has 1 N–H and O–H groups in total. The second-order valence-corrected chi connectivity index (χ2v) is 6.74. The van der Waals surface area contributed by atoms with Crippen molar-refractivity contribution < 1.29 is 23.9 Å². The van der Waals surface area contributed by atoms with Crippen LogP contribution in [0.1, 0.15) is 56.8 Å². The van der Waals surface area contributed by atoms with Gasteiger partial charge in [-0.05, 0) is 33.6 Å². The lowest BCUT2D eigenvalue weighted by Crippen LogP contribution is -2.44. The summed E-state index contributed by atoms with van der Waals surface area (Å²) in [6.45, 7) is 7.13. The molecule has 0 spiro atoms. The first-order valence-electron chi connectivity index (χ1n) is 7.89. The summed E-state index contributed by atoms with van der Waals surface area (Å²) in [4.78, 5) is 43.8. The van der Waals surface area contributed by atoms with E-state index in [4.69, 9.17) is 9.47 Å². The van der Waals surface area contributed by atoms with Crippen molar-refractivity contribution in [2.75, 3.05) is 6.54 Å². The Kier molecular flexibility index (Phi) is 5.26. The van der Waals surface area contributed by atoms with Crippen LogP contribution in [0.3, 0.4) is 0 Å². The zero-order valence-electron chi connectivity index (χ0n) is 14.4. The second-order valence-electron chi connectivity index (χ2n) is 6.74. The molecule has 132 valence electrons. The number of aromatic nitrogens is 2. The van der Waals surface area contributed by atoms with Crippen molar-refractivity contribution in [1.82, 2.24) is 14.9 Å². The Hall–Kier alpha value is -2.38. The smallest absolute Gasteiger partial charge is 0.411 e. The van der Waals surface area contributed by atoms with Gasteiger partial charge in [0.25, 0.3) is 0 Å². The first-order chi connectivity index (χ1) is 11.2. The van der Waals surface area contributed by atoms with Crippen LogP contribution < -0.4 is 0 Å².